The van der Waals surface area contributed by atoms with Gasteiger partial charge in [0.1, 0.15) is 12.8 Å². The van der Waals surface area contributed by atoms with E-state index < -0.39 is 35.6 Å². The van der Waals surface area contributed by atoms with Crippen LogP contribution in [-0.2, 0) is 14.4 Å². The van der Waals surface area contributed by atoms with E-state index in [1.807, 2.05) is 0 Å². The number of amides is 3. The first-order valence-corrected chi connectivity index (χ1v) is 11.9. The number of benzene rings is 2. The van der Waals surface area contributed by atoms with Crippen molar-refractivity contribution in [1.29, 1.82) is 0 Å². The van der Waals surface area contributed by atoms with Gasteiger partial charge in [-0.05, 0) is 49.4 Å². The van der Waals surface area contributed by atoms with Crippen LogP contribution in [0.15, 0.2) is 84.3 Å². The summed E-state index contributed by atoms with van der Waals surface area (Å²) in [6, 6.07) is 15.4. The highest BCUT2D eigenvalue weighted by atomic mass is 19.3. The summed E-state index contributed by atoms with van der Waals surface area (Å²) in [5.41, 5.74) is 1.02. The lowest BCUT2D eigenvalue weighted by Gasteiger charge is -2.23. The molecular weight excluding hydrogens is 508 g/mol. The number of alkyl halides is 2. The molecule has 0 spiro atoms. The molecule has 0 fully saturated rings. The predicted molar refractivity (Wildman–Crippen MR) is 144 cm³/mol. The fraction of sp³-hybridized carbons (Fsp3) is 0.179. The topological polar surface area (TPSA) is 113 Å². The molecule has 9 nitrogen and oxygen atoms in total. The van der Waals surface area contributed by atoms with Gasteiger partial charge in [-0.2, -0.15) is 0 Å². The molecule has 1 aliphatic rings. The largest absolute Gasteiger partial charge is 0.399 e. The number of allylic oxidation sites excluding steroid dienone is 1. The number of anilines is 3. The number of hydrogen-bond donors (Lipinski definition) is 2. The molecule has 0 unspecified atom stereocenters. The normalized spacial score (nSPS) is 15.6. The summed E-state index contributed by atoms with van der Waals surface area (Å²) < 4.78 is 30.8. The van der Waals surface area contributed by atoms with E-state index in [-0.39, 0.29) is 29.1 Å². The van der Waals surface area contributed by atoms with Gasteiger partial charge in [-0.25, -0.2) is 8.78 Å². The second-order valence-electron chi connectivity index (χ2n) is 8.60. The average Bonchev–Trinajstić information content (AvgIpc) is 3.03. The molecule has 0 aliphatic carbocycles. The number of carbonyl (C=O) groups excluding carboxylic acids is 3. The smallest absolute Gasteiger partial charge is 0.275 e. The Bertz CT molecular complexity index is 1440. The number of nitrogens with one attached hydrogen (secondary N) is 2. The van der Waals surface area contributed by atoms with Gasteiger partial charge in [-0.1, -0.05) is 23.4 Å². The highest BCUT2D eigenvalue weighted by Crippen LogP contribution is 2.43. The molecule has 0 atom stereocenters. The number of rotatable bonds is 6. The van der Waals surface area contributed by atoms with Crippen LogP contribution in [-0.4, -0.2) is 48.0 Å². The molecule has 2 N–H and O–H groups in total. The van der Waals surface area contributed by atoms with Crippen molar-refractivity contribution in [2.45, 2.75) is 19.3 Å². The van der Waals surface area contributed by atoms with E-state index in [9.17, 15) is 14.4 Å². The summed E-state index contributed by atoms with van der Waals surface area (Å²) >= 11 is 0. The molecular formula is C28H25F2N5O4. The summed E-state index contributed by atoms with van der Waals surface area (Å²) in [5.74, 6) is -5.09. The molecule has 2 aromatic carbocycles. The summed E-state index contributed by atoms with van der Waals surface area (Å²) in [6.45, 7) is 1.20. The van der Waals surface area contributed by atoms with Gasteiger partial charge in [-0.3, -0.25) is 19.4 Å². The Morgan fingerprint density at radius 1 is 1.00 bits per heavy atom. The molecule has 2 heterocycles. The maximum atomic E-state index is 15.4. The van der Waals surface area contributed by atoms with Crippen LogP contribution in [0.5, 0.6) is 0 Å². The highest BCUT2D eigenvalue weighted by Gasteiger charge is 2.41. The Morgan fingerprint density at radius 3 is 2.36 bits per heavy atom. The van der Waals surface area contributed by atoms with E-state index in [2.05, 4.69) is 25.6 Å². The Hall–Kier alpha value is -4.93. The molecule has 0 bridgehead atoms. The van der Waals surface area contributed by atoms with Crippen molar-refractivity contribution in [1.82, 2.24) is 4.98 Å². The fourth-order valence-electron chi connectivity index (χ4n) is 4.03. The zero-order valence-corrected chi connectivity index (χ0v) is 21.2. The Balaban J connectivity index is 1.61. The molecule has 11 heteroatoms. The number of aromatic nitrogens is 1. The molecule has 0 saturated heterocycles. The third kappa shape index (κ3) is 6.32. The van der Waals surface area contributed by atoms with Crippen LogP contribution < -0.4 is 15.5 Å². The second kappa shape index (κ2) is 11.6. The quantitative estimate of drug-likeness (QED) is 0.270. The van der Waals surface area contributed by atoms with Crippen molar-refractivity contribution in [2.24, 2.45) is 5.16 Å². The van der Waals surface area contributed by atoms with Crippen molar-refractivity contribution in [3.05, 3.63) is 90.3 Å². The van der Waals surface area contributed by atoms with Crippen molar-refractivity contribution >= 4 is 46.1 Å². The molecule has 4 rings (SSSR count). The first-order chi connectivity index (χ1) is 18.7. The summed E-state index contributed by atoms with van der Waals surface area (Å²) in [7, 11) is 1.32. The van der Waals surface area contributed by atoms with Gasteiger partial charge in [-0.15, -0.1) is 0 Å². The maximum Gasteiger partial charge on any atom is 0.275 e. The van der Waals surface area contributed by atoms with Gasteiger partial charge in [0.25, 0.3) is 17.7 Å². The summed E-state index contributed by atoms with van der Waals surface area (Å²) in [4.78, 5) is 48.0. The first-order valence-electron chi connectivity index (χ1n) is 11.9. The number of carbonyl (C=O) groups is 3. The summed E-state index contributed by atoms with van der Waals surface area (Å²) in [5, 5.41) is 8.75. The fourth-order valence-corrected chi connectivity index (χ4v) is 4.03. The minimum atomic E-state index is -3.38. The van der Waals surface area contributed by atoms with Gasteiger partial charge < -0.3 is 20.4 Å². The maximum absolute atomic E-state index is 15.4. The number of hydrogen-bond acceptors (Lipinski definition) is 6. The Labute approximate surface area is 223 Å². The summed E-state index contributed by atoms with van der Waals surface area (Å²) in [6.07, 6.45) is 3.13. The zero-order valence-electron chi connectivity index (χ0n) is 21.2. The van der Waals surface area contributed by atoms with E-state index in [0.717, 1.165) is 6.08 Å². The van der Waals surface area contributed by atoms with Gasteiger partial charge in [0.15, 0.2) is 0 Å². The standard InChI is InChI=1S/C28H25F2N5O4/c1-18(34-39-2)26(37)33-20-9-7-19(8-10-20)27(38)35-16-13-28(29,30)23(22-5-3-4-6-24(22)35)17-25(36)32-21-11-14-31-15-12-21/h3-12,14-15,17H,13,16H2,1-2H3,(H,33,37)(H,31,32,36)/b23-17?,34-18-. The first kappa shape index (κ1) is 27.1. The van der Waals surface area contributed by atoms with Crippen LogP contribution in [0.2, 0.25) is 0 Å². The lowest BCUT2D eigenvalue weighted by molar-refractivity contribution is -0.112. The Kier molecular flexibility index (Phi) is 8.09. The van der Waals surface area contributed by atoms with Gasteiger partial charge in [0, 0.05) is 59.5 Å². The molecule has 3 amide bonds. The van der Waals surface area contributed by atoms with E-state index in [1.165, 1.54) is 61.7 Å². The van der Waals surface area contributed by atoms with Crippen molar-refractivity contribution < 1.29 is 28.0 Å². The number of nitrogens with zero attached hydrogens (tertiary/aromatic N) is 3. The van der Waals surface area contributed by atoms with E-state index in [1.54, 1.807) is 30.3 Å². The number of oxime groups is 1. The van der Waals surface area contributed by atoms with Crippen molar-refractivity contribution in [3.63, 3.8) is 0 Å². The van der Waals surface area contributed by atoms with Crippen LogP contribution in [0, 0.1) is 0 Å². The van der Waals surface area contributed by atoms with Crippen LogP contribution in [0.4, 0.5) is 25.8 Å². The number of fused-ring (bicyclic) bond motifs is 1. The van der Waals surface area contributed by atoms with Crippen LogP contribution in [0.1, 0.15) is 29.3 Å². The van der Waals surface area contributed by atoms with E-state index in [4.69, 9.17) is 0 Å². The Morgan fingerprint density at radius 2 is 1.67 bits per heavy atom. The van der Waals surface area contributed by atoms with Crippen LogP contribution in [0.3, 0.4) is 0 Å². The predicted octanol–water partition coefficient (Wildman–Crippen LogP) is 4.75. The van der Waals surface area contributed by atoms with Gasteiger partial charge in [0.2, 0.25) is 5.91 Å². The lowest BCUT2D eigenvalue weighted by atomic mass is 9.97. The molecule has 39 heavy (non-hydrogen) atoms. The van der Waals surface area contributed by atoms with Gasteiger partial charge >= 0.3 is 0 Å². The van der Waals surface area contributed by atoms with Crippen LogP contribution in [0.25, 0.3) is 5.57 Å². The molecule has 200 valence electrons. The van der Waals surface area contributed by atoms with Crippen molar-refractivity contribution in [2.75, 3.05) is 29.2 Å². The number of para-hydroxylation sites is 1. The minimum absolute atomic E-state index is 0.0787. The molecule has 0 radical (unpaired) electrons. The van der Waals surface area contributed by atoms with E-state index in [0.29, 0.717) is 11.4 Å². The molecule has 1 aliphatic heterocycles. The van der Waals surface area contributed by atoms with E-state index >= 15 is 8.78 Å². The lowest BCUT2D eigenvalue weighted by Crippen LogP contribution is -2.33. The molecule has 1 aromatic heterocycles. The highest BCUT2D eigenvalue weighted by molar-refractivity contribution is 6.42. The van der Waals surface area contributed by atoms with Gasteiger partial charge in [0.05, 0.1) is 5.69 Å². The number of halogens is 2. The third-order valence-corrected chi connectivity index (χ3v) is 5.94. The SMILES string of the molecule is CO/N=C(/C)C(=O)Nc1ccc(C(=O)N2CCC(F)(F)C(=CC(=O)Nc3ccncc3)c3ccccc32)cc1. The minimum Gasteiger partial charge on any atom is -0.399 e. The zero-order chi connectivity index (χ0) is 28.0. The molecule has 3 aromatic rings. The third-order valence-electron chi connectivity index (χ3n) is 5.94. The second-order valence-corrected chi connectivity index (χ2v) is 8.60. The van der Waals surface area contributed by atoms with Crippen LogP contribution >= 0.6 is 0 Å². The molecule has 0 saturated carbocycles. The number of pyridine rings is 1. The monoisotopic (exact) mass is 533 g/mol. The average molecular weight is 534 g/mol. The van der Waals surface area contributed by atoms with Crippen molar-refractivity contribution in [3.8, 4) is 0 Å².